The summed E-state index contributed by atoms with van der Waals surface area (Å²) in [4.78, 5) is 24.7. The Balaban J connectivity index is 1.53. The van der Waals surface area contributed by atoms with Crippen LogP contribution in [0.15, 0.2) is 71.9 Å². The van der Waals surface area contributed by atoms with Gasteiger partial charge in [0.2, 0.25) is 5.91 Å². The van der Waals surface area contributed by atoms with Crippen LogP contribution in [0.2, 0.25) is 0 Å². The van der Waals surface area contributed by atoms with Crippen molar-refractivity contribution in [3.05, 3.63) is 78.4 Å². The first-order chi connectivity index (χ1) is 15.6. The molecule has 0 saturated carbocycles. The summed E-state index contributed by atoms with van der Waals surface area (Å²) in [6.45, 7) is 2.93. The van der Waals surface area contributed by atoms with E-state index < -0.39 is 0 Å². The molecule has 32 heavy (non-hydrogen) atoms. The number of hydrogen-bond acceptors (Lipinski definition) is 6. The highest BCUT2D eigenvalue weighted by Crippen LogP contribution is 2.33. The van der Waals surface area contributed by atoms with Gasteiger partial charge >= 0.3 is 0 Å². The first kappa shape index (κ1) is 22.2. The Hall–Kier alpha value is -2.97. The fourth-order valence-electron chi connectivity index (χ4n) is 3.12. The maximum absolute atomic E-state index is 13.2. The summed E-state index contributed by atoms with van der Waals surface area (Å²) in [7, 11) is 0. The van der Waals surface area contributed by atoms with Crippen molar-refractivity contribution < 1.29 is 13.9 Å². The lowest BCUT2D eigenvalue weighted by Crippen LogP contribution is -2.30. The van der Waals surface area contributed by atoms with Crippen molar-refractivity contribution in [1.82, 2.24) is 9.97 Å². The molecule has 0 saturated heterocycles. The molecule has 0 aliphatic carbocycles. The van der Waals surface area contributed by atoms with Crippen LogP contribution in [0.5, 0.6) is 5.75 Å². The van der Waals surface area contributed by atoms with Crippen molar-refractivity contribution >= 4 is 44.4 Å². The smallest absolute Gasteiger partial charge is 0.229 e. The highest BCUT2D eigenvalue weighted by atomic mass is 32.2. The third kappa shape index (κ3) is 5.63. The zero-order valence-electron chi connectivity index (χ0n) is 17.5. The Morgan fingerprint density at radius 3 is 2.78 bits per heavy atom. The number of aromatic nitrogens is 2. The third-order valence-electron chi connectivity index (χ3n) is 4.65. The molecule has 0 radical (unpaired) electrons. The number of pyridine rings is 1. The van der Waals surface area contributed by atoms with E-state index in [0.717, 1.165) is 26.4 Å². The average Bonchev–Trinajstić information content (AvgIpc) is 3.22. The number of carbonyl (C=O) groups is 1. The lowest BCUT2D eigenvalue weighted by atomic mass is 10.2. The number of halogens is 1. The van der Waals surface area contributed by atoms with Gasteiger partial charge < -0.3 is 4.74 Å². The molecule has 2 aromatic heterocycles. The summed E-state index contributed by atoms with van der Waals surface area (Å²) in [5.41, 5.74) is 1.76. The van der Waals surface area contributed by atoms with E-state index in [9.17, 15) is 9.18 Å². The van der Waals surface area contributed by atoms with E-state index >= 15 is 0 Å². The van der Waals surface area contributed by atoms with Crippen molar-refractivity contribution in [3.63, 3.8) is 0 Å². The molecule has 0 aliphatic rings. The average molecular weight is 468 g/mol. The van der Waals surface area contributed by atoms with Crippen molar-refractivity contribution in [2.75, 3.05) is 17.3 Å². The Bertz CT molecular complexity index is 1180. The van der Waals surface area contributed by atoms with E-state index in [0.29, 0.717) is 30.5 Å². The first-order valence-corrected chi connectivity index (χ1v) is 12.0. The molecule has 2 aromatic carbocycles. The number of ether oxygens (including phenoxy) is 1. The molecule has 0 aliphatic heterocycles. The van der Waals surface area contributed by atoms with Crippen molar-refractivity contribution in [1.29, 1.82) is 0 Å². The third-order valence-corrected chi connectivity index (χ3v) is 6.71. The topological polar surface area (TPSA) is 55.3 Å². The standard InChI is InChI=1S/C24H22FN3O2S2/c1-2-30-19-7-10-21-22(14-19)32-24(27-21)28(16-17-4-3-12-26-15-17)23(29)11-13-31-20-8-5-18(25)6-9-20/h3-10,12,14-15H,2,11,13,16H2,1H3. The number of nitrogens with zero attached hydrogens (tertiary/aromatic N) is 3. The van der Waals surface area contributed by atoms with E-state index in [2.05, 4.69) is 4.98 Å². The van der Waals surface area contributed by atoms with E-state index in [1.54, 1.807) is 29.4 Å². The number of anilines is 1. The highest BCUT2D eigenvalue weighted by Gasteiger charge is 2.20. The fraction of sp³-hybridized carbons (Fsp3) is 0.208. The van der Waals surface area contributed by atoms with Crippen LogP contribution in [0.4, 0.5) is 9.52 Å². The Labute approximate surface area is 194 Å². The van der Waals surface area contributed by atoms with Gasteiger partial charge in [-0.3, -0.25) is 14.7 Å². The fourth-order valence-corrected chi connectivity index (χ4v) is 4.97. The SMILES string of the molecule is CCOc1ccc2nc(N(Cc3cccnc3)C(=O)CCSc3ccc(F)cc3)sc2c1. The van der Waals surface area contributed by atoms with Crippen LogP contribution in [0.1, 0.15) is 18.9 Å². The zero-order valence-corrected chi connectivity index (χ0v) is 19.2. The number of carbonyl (C=O) groups excluding carboxylic acids is 1. The molecule has 0 spiro atoms. The number of thioether (sulfide) groups is 1. The first-order valence-electron chi connectivity index (χ1n) is 10.2. The molecular weight excluding hydrogens is 445 g/mol. The predicted octanol–water partition coefficient (Wildman–Crippen LogP) is 5.94. The molecule has 0 bridgehead atoms. The minimum absolute atomic E-state index is 0.0208. The van der Waals surface area contributed by atoms with Crippen LogP contribution in [-0.2, 0) is 11.3 Å². The maximum Gasteiger partial charge on any atom is 0.229 e. The zero-order chi connectivity index (χ0) is 22.3. The van der Waals surface area contributed by atoms with Crippen molar-refractivity contribution in [3.8, 4) is 5.75 Å². The molecule has 164 valence electrons. The van der Waals surface area contributed by atoms with Gasteiger partial charge in [-0.2, -0.15) is 0 Å². The van der Waals surface area contributed by atoms with Crippen molar-refractivity contribution in [2.24, 2.45) is 0 Å². The van der Waals surface area contributed by atoms with Crippen molar-refractivity contribution in [2.45, 2.75) is 24.8 Å². The van der Waals surface area contributed by atoms with E-state index in [-0.39, 0.29) is 11.7 Å². The largest absolute Gasteiger partial charge is 0.494 e. The van der Waals surface area contributed by atoms with Gasteiger partial charge in [0.25, 0.3) is 0 Å². The molecule has 4 aromatic rings. The van der Waals surface area contributed by atoms with Gasteiger partial charge in [-0.1, -0.05) is 17.4 Å². The second-order valence-electron chi connectivity index (χ2n) is 6.95. The molecule has 5 nitrogen and oxygen atoms in total. The van der Waals surface area contributed by atoms with Gasteiger partial charge in [0.1, 0.15) is 11.6 Å². The van der Waals surface area contributed by atoms with Gasteiger partial charge in [0, 0.05) is 29.5 Å². The lowest BCUT2D eigenvalue weighted by molar-refractivity contribution is -0.118. The molecular formula is C24H22FN3O2S2. The molecule has 0 atom stereocenters. The monoisotopic (exact) mass is 467 g/mol. The van der Waals surface area contributed by atoms with E-state index in [1.807, 2.05) is 37.3 Å². The van der Waals surface area contributed by atoms with Crippen LogP contribution in [0, 0.1) is 5.82 Å². The number of amides is 1. The molecule has 1 amide bonds. The quantitative estimate of drug-likeness (QED) is 0.285. The normalized spacial score (nSPS) is 10.9. The Morgan fingerprint density at radius 2 is 2.03 bits per heavy atom. The molecule has 0 N–H and O–H groups in total. The molecule has 8 heteroatoms. The van der Waals surface area contributed by atoms with Crippen LogP contribution < -0.4 is 9.64 Å². The summed E-state index contributed by atoms with van der Waals surface area (Å²) < 4.78 is 19.7. The maximum atomic E-state index is 13.2. The minimum Gasteiger partial charge on any atom is -0.494 e. The van der Waals surface area contributed by atoms with Gasteiger partial charge in [-0.05, 0) is 61.0 Å². The van der Waals surface area contributed by atoms with Crippen LogP contribution >= 0.6 is 23.1 Å². The number of thiazole rings is 1. The summed E-state index contributed by atoms with van der Waals surface area (Å²) in [6.07, 6.45) is 3.80. The van der Waals surface area contributed by atoms with Gasteiger partial charge in [-0.25, -0.2) is 9.37 Å². The second kappa shape index (κ2) is 10.6. The molecule has 0 unspecified atom stereocenters. The van der Waals surface area contributed by atoms with E-state index in [4.69, 9.17) is 9.72 Å². The van der Waals surface area contributed by atoms with Gasteiger partial charge in [-0.15, -0.1) is 11.8 Å². The summed E-state index contributed by atoms with van der Waals surface area (Å²) in [5, 5.41) is 0.647. The Kier molecular flexibility index (Phi) is 7.34. The highest BCUT2D eigenvalue weighted by molar-refractivity contribution is 7.99. The predicted molar refractivity (Wildman–Crippen MR) is 128 cm³/mol. The van der Waals surface area contributed by atoms with Gasteiger partial charge in [0.05, 0.1) is 23.4 Å². The second-order valence-corrected chi connectivity index (χ2v) is 9.13. The Morgan fingerprint density at radius 1 is 1.19 bits per heavy atom. The summed E-state index contributed by atoms with van der Waals surface area (Å²) in [5.74, 6) is 1.09. The summed E-state index contributed by atoms with van der Waals surface area (Å²) >= 11 is 3.00. The van der Waals surface area contributed by atoms with Crippen LogP contribution in [0.3, 0.4) is 0 Å². The van der Waals surface area contributed by atoms with Crippen LogP contribution in [0.25, 0.3) is 10.2 Å². The van der Waals surface area contributed by atoms with Gasteiger partial charge in [0.15, 0.2) is 5.13 Å². The number of hydrogen-bond donors (Lipinski definition) is 0. The number of rotatable bonds is 9. The molecule has 0 fully saturated rings. The summed E-state index contributed by atoms with van der Waals surface area (Å²) in [6, 6.07) is 15.9. The number of benzene rings is 2. The lowest BCUT2D eigenvalue weighted by Gasteiger charge is -2.20. The molecule has 2 heterocycles. The number of fused-ring (bicyclic) bond motifs is 1. The minimum atomic E-state index is -0.267. The molecule has 4 rings (SSSR count). The van der Waals surface area contributed by atoms with E-state index in [1.165, 1.54) is 35.2 Å². The van der Waals surface area contributed by atoms with Crippen LogP contribution in [-0.4, -0.2) is 28.2 Å².